The molecule has 3 heterocycles. The van der Waals surface area contributed by atoms with Crippen LogP contribution in [0.3, 0.4) is 0 Å². The maximum absolute atomic E-state index is 10.7. The number of hydrogen-bond acceptors (Lipinski definition) is 8. The lowest BCUT2D eigenvalue weighted by molar-refractivity contribution is 0.341. The fourth-order valence-corrected chi connectivity index (χ4v) is 3.85. The molecule has 4 rings (SSSR count). The Morgan fingerprint density at radius 1 is 1.11 bits per heavy atom. The first-order valence-electron chi connectivity index (χ1n) is 8.73. The van der Waals surface area contributed by atoms with E-state index in [1.807, 2.05) is 43.3 Å². The number of aromatic hydroxyl groups is 1. The number of pyridine rings is 1. The normalized spacial score (nSPS) is 11.3. The molecule has 7 nitrogen and oxygen atoms in total. The van der Waals surface area contributed by atoms with E-state index in [4.69, 9.17) is 4.74 Å². The third-order valence-corrected chi connectivity index (χ3v) is 5.23. The zero-order valence-electron chi connectivity index (χ0n) is 15.1. The maximum Gasteiger partial charge on any atom is 0.195 e. The number of para-hydroxylation sites is 1. The first kappa shape index (κ1) is 18.0. The maximum atomic E-state index is 10.7. The van der Waals surface area contributed by atoms with Gasteiger partial charge in [0.2, 0.25) is 0 Å². The molecule has 0 saturated carbocycles. The zero-order valence-corrected chi connectivity index (χ0v) is 15.9. The Morgan fingerprint density at radius 2 is 1.93 bits per heavy atom. The van der Waals surface area contributed by atoms with E-state index in [0.29, 0.717) is 39.8 Å². The third kappa shape index (κ3) is 3.54. The van der Waals surface area contributed by atoms with Crippen molar-refractivity contribution in [1.29, 1.82) is 0 Å². The summed E-state index contributed by atoms with van der Waals surface area (Å²) in [5.74, 6) is 1.24. The smallest absolute Gasteiger partial charge is 0.195 e. The van der Waals surface area contributed by atoms with Gasteiger partial charge in [0.1, 0.15) is 22.3 Å². The minimum atomic E-state index is 0.0973. The molecule has 0 bridgehead atoms. The Balaban J connectivity index is 1.72. The highest BCUT2D eigenvalue weighted by Crippen LogP contribution is 2.47. The quantitative estimate of drug-likeness (QED) is 0.459. The molecule has 0 radical (unpaired) electrons. The minimum Gasteiger partial charge on any atom is -0.504 e. The van der Waals surface area contributed by atoms with Gasteiger partial charge in [-0.2, -0.15) is 5.11 Å². The summed E-state index contributed by atoms with van der Waals surface area (Å²) in [4.78, 5) is 13.1. The fourth-order valence-electron chi connectivity index (χ4n) is 2.75. The molecule has 0 aliphatic heterocycles. The van der Waals surface area contributed by atoms with Crippen LogP contribution in [0.2, 0.25) is 0 Å². The van der Waals surface area contributed by atoms with Gasteiger partial charge in [0.25, 0.3) is 0 Å². The predicted octanol–water partition coefficient (Wildman–Crippen LogP) is 5.14. The highest BCUT2D eigenvalue weighted by Gasteiger charge is 2.20. The topological polar surface area (TPSA) is 92.9 Å². The summed E-state index contributed by atoms with van der Waals surface area (Å²) in [6.45, 7) is 2.89. The van der Waals surface area contributed by atoms with E-state index in [-0.39, 0.29) is 5.75 Å². The van der Waals surface area contributed by atoms with E-state index in [2.05, 4.69) is 25.2 Å². The highest BCUT2D eigenvalue weighted by molar-refractivity contribution is 7.23. The molecular weight excluding hydrogens is 374 g/mol. The van der Waals surface area contributed by atoms with Gasteiger partial charge < -0.3 is 9.84 Å². The van der Waals surface area contributed by atoms with Crippen molar-refractivity contribution in [2.45, 2.75) is 13.5 Å². The molecular formula is C20H17N5O2S. The molecule has 4 aromatic rings. The molecule has 0 unspecified atom stereocenters. The van der Waals surface area contributed by atoms with E-state index in [9.17, 15) is 5.11 Å². The minimum absolute atomic E-state index is 0.0973. The van der Waals surface area contributed by atoms with Gasteiger partial charge >= 0.3 is 0 Å². The Morgan fingerprint density at radius 3 is 2.75 bits per heavy atom. The number of hydrogen-bond donors (Lipinski definition) is 1. The van der Waals surface area contributed by atoms with Crippen molar-refractivity contribution in [3.63, 3.8) is 0 Å². The second-order valence-electron chi connectivity index (χ2n) is 5.84. The van der Waals surface area contributed by atoms with Crippen molar-refractivity contribution in [3.05, 3.63) is 60.7 Å². The Hall–Kier alpha value is -3.39. The number of nitrogens with zero attached hydrogens (tertiary/aromatic N) is 5. The van der Waals surface area contributed by atoms with Crippen LogP contribution in [0.15, 0.2) is 65.3 Å². The van der Waals surface area contributed by atoms with Gasteiger partial charge in [-0.05, 0) is 36.8 Å². The molecule has 0 aliphatic carbocycles. The molecule has 0 spiro atoms. The molecule has 140 valence electrons. The molecule has 0 aliphatic rings. The average molecular weight is 391 g/mol. The van der Waals surface area contributed by atoms with Gasteiger partial charge in [-0.15, -0.1) is 16.5 Å². The van der Waals surface area contributed by atoms with Crippen LogP contribution in [-0.2, 0) is 6.54 Å². The molecule has 0 fully saturated rings. The molecule has 3 aromatic heterocycles. The molecule has 8 heteroatoms. The van der Waals surface area contributed by atoms with Crippen molar-refractivity contribution in [2.24, 2.45) is 10.2 Å². The second-order valence-corrected chi connectivity index (χ2v) is 6.86. The van der Waals surface area contributed by atoms with Crippen LogP contribution in [0.4, 0.5) is 5.82 Å². The van der Waals surface area contributed by atoms with Crippen molar-refractivity contribution >= 4 is 27.4 Å². The highest BCUT2D eigenvalue weighted by atomic mass is 32.1. The van der Waals surface area contributed by atoms with E-state index in [1.165, 1.54) is 17.7 Å². The van der Waals surface area contributed by atoms with Crippen LogP contribution in [0.25, 0.3) is 20.7 Å². The van der Waals surface area contributed by atoms with Crippen LogP contribution in [-0.4, -0.2) is 26.7 Å². The van der Waals surface area contributed by atoms with Gasteiger partial charge in [0.15, 0.2) is 11.6 Å². The standard InChI is InChI=1S/C20H17N5O2S/c1-2-27-15-6-4-3-5-14(15)18-17(26)16-19(28-18)20(23-12-22-16)25-24-11-13-7-9-21-10-8-13/h3-10,12,26H,2,11H2,1H3. The first-order valence-corrected chi connectivity index (χ1v) is 9.54. The number of ether oxygens (including phenoxy) is 1. The lowest BCUT2D eigenvalue weighted by Crippen LogP contribution is -1.92. The van der Waals surface area contributed by atoms with Crippen LogP contribution in [0.5, 0.6) is 11.5 Å². The Labute approximate surface area is 165 Å². The molecule has 1 N–H and O–H groups in total. The van der Waals surface area contributed by atoms with Gasteiger partial charge in [0, 0.05) is 18.0 Å². The molecule has 0 saturated heterocycles. The van der Waals surface area contributed by atoms with Gasteiger partial charge in [-0.3, -0.25) is 4.98 Å². The van der Waals surface area contributed by atoms with E-state index >= 15 is 0 Å². The lowest BCUT2D eigenvalue weighted by Gasteiger charge is -2.08. The van der Waals surface area contributed by atoms with E-state index < -0.39 is 0 Å². The van der Waals surface area contributed by atoms with E-state index in [1.54, 1.807) is 12.4 Å². The largest absolute Gasteiger partial charge is 0.504 e. The summed E-state index contributed by atoms with van der Waals surface area (Å²) in [5.41, 5.74) is 2.27. The summed E-state index contributed by atoms with van der Waals surface area (Å²) in [6, 6.07) is 11.4. The SMILES string of the molecule is CCOc1ccccc1-c1sc2c(N=NCc3ccncc3)ncnc2c1O. The monoisotopic (exact) mass is 391 g/mol. The van der Waals surface area contributed by atoms with Crippen LogP contribution in [0.1, 0.15) is 12.5 Å². The molecule has 28 heavy (non-hydrogen) atoms. The number of benzene rings is 1. The van der Waals surface area contributed by atoms with Crippen molar-refractivity contribution in [1.82, 2.24) is 15.0 Å². The summed E-state index contributed by atoms with van der Waals surface area (Å²) >= 11 is 1.37. The number of rotatable bonds is 6. The average Bonchev–Trinajstić information content (AvgIpc) is 3.07. The Kier molecular flexibility index (Phi) is 5.20. The van der Waals surface area contributed by atoms with E-state index in [0.717, 1.165) is 11.1 Å². The summed E-state index contributed by atoms with van der Waals surface area (Å²) < 4.78 is 6.38. The Bertz CT molecular complexity index is 1130. The number of aromatic nitrogens is 3. The van der Waals surface area contributed by atoms with Crippen LogP contribution in [0, 0.1) is 0 Å². The third-order valence-electron chi connectivity index (χ3n) is 4.03. The van der Waals surface area contributed by atoms with Crippen LogP contribution >= 0.6 is 11.3 Å². The van der Waals surface area contributed by atoms with Gasteiger partial charge in [-0.25, -0.2) is 9.97 Å². The summed E-state index contributed by atoms with van der Waals surface area (Å²) in [6.07, 6.45) is 4.81. The summed E-state index contributed by atoms with van der Waals surface area (Å²) in [7, 11) is 0. The fraction of sp³-hybridized carbons (Fsp3) is 0.150. The van der Waals surface area contributed by atoms with Crippen molar-refractivity contribution < 1.29 is 9.84 Å². The first-order chi connectivity index (χ1) is 13.8. The van der Waals surface area contributed by atoms with Crippen molar-refractivity contribution in [3.8, 4) is 21.9 Å². The number of thiophene rings is 1. The summed E-state index contributed by atoms with van der Waals surface area (Å²) in [5, 5.41) is 19.2. The molecule has 1 aromatic carbocycles. The number of azo groups is 1. The van der Waals surface area contributed by atoms with Crippen LogP contribution < -0.4 is 4.74 Å². The lowest BCUT2D eigenvalue weighted by atomic mass is 10.1. The second kappa shape index (κ2) is 8.10. The van der Waals surface area contributed by atoms with Gasteiger partial charge in [-0.1, -0.05) is 12.1 Å². The molecule has 0 amide bonds. The zero-order chi connectivity index (χ0) is 19.3. The predicted molar refractivity (Wildman–Crippen MR) is 108 cm³/mol. The number of fused-ring (bicyclic) bond motifs is 1. The van der Waals surface area contributed by atoms with Crippen molar-refractivity contribution in [2.75, 3.05) is 6.61 Å². The van der Waals surface area contributed by atoms with Gasteiger partial charge in [0.05, 0.1) is 18.0 Å². The molecule has 0 atom stereocenters.